The quantitative estimate of drug-likeness (QED) is 0.438. The van der Waals surface area contributed by atoms with E-state index in [9.17, 15) is 26.8 Å². The van der Waals surface area contributed by atoms with Gasteiger partial charge in [0.05, 0.1) is 23.8 Å². The van der Waals surface area contributed by atoms with Crippen molar-refractivity contribution in [2.24, 2.45) is 0 Å². The summed E-state index contributed by atoms with van der Waals surface area (Å²) in [5.74, 6) is -1.76. The van der Waals surface area contributed by atoms with E-state index < -0.39 is 32.9 Å². The van der Waals surface area contributed by atoms with E-state index in [4.69, 9.17) is 16.3 Å². The fourth-order valence-corrected chi connectivity index (χ4v) is 4.28. The molecule has 13 heteroatoms. The molecule has 0 unspecified atom stereocenters. The Morgan fingerprint density at radius 3 is 2.61 bits per heavy atom. The van der Waals surface area contributed by atoms with E-state index in [1.54, 1.807) is 6.07 Å². The van der Waals surface area contributed by atoms with Crippen LogP contribution in [0, 0.1) is 11.6 Å². The number of hydrogen-bond donors (Lipinski definition) is 1. The van der Waals surface area contributed by atoms with Gasteiger partial charge >= 0.3 is 5.69 Å². The Balaban J connectivity index is 1.58. The number of benzene rings is 2. The maximum atomic E-state index is 13.7. The fourth-order valence-electron chi connectivity index (χ4n) is 3.21. The second kappa shape index (κ2) is 8.45. The number of aromatic amines is 1. The normalized spacial score (nSPS) is 11.8. The third-order valence-corrected chi connectivity index (χ3v) is 6.07. The van der Waals surface area contributed by atoms with Crippen molar-refractivity contribution in [3.63, 3.8) is 0 Å². The topological polar surface area (TPSA) is 116 Å². The van der Waals surface area contributed by atoms with E-state index >= 15 is 0 Å². The summed E-state index contributed by atoms with van der Waals surface area (Å²) in [6, 6.07) is 7.51. The first kappa shape index (κ1) is 22.7. The van der Waals surface area contributed by atoms with E-state index in [0.717, 1.165) is 12.3 Å². The maximum Gasteiger partial charge on any atom is 0.340 e. The Morgan fingerprint density at radius 2 is 1.91 bits per heavy atom. The summed E-state index contributed by atoms with van der Waals surface area (Å²) in [6.07, 6.45) is 2.09. The molecule has 0 atom stereocenters. The molecular weight excluding hydrogens is 482 g/mol. The molecule has 33 heavy (non-hydrogen) atoms. The molecule has 0 radical (unpaired) electrons. The molecule has 1 N–H and O–H groups in total. The number of nitrogens with one attached hydrogen (secondary N) is 1. The van der Waals surface area contributed by atoms with E-state index in [2.05, 4.69) is 9.97 Å². The largest absolute Gasteiger partial charge is 0.471 e. The highest BCUT2D eigenvalue weighted by molar-refractivity contribution is 7.89. The van der Waals surface area contributed by atoms with Crippen LogP contribution in [0.5, 0.6) is 5.88 Å². The molecule has 0 bridgehead atoms. The molecule has 4 aromatic rings. The molecule has 0 spiro atoms. The molecule has 0 amide bonds. The average Bonchev–Trinajstić information content (AvgIpc) is 3.07. The van der Waals surface area contributed by atoms with Crippen molar-refractivity contribution in [2.45, 2.75) is 13.2 Å². The van der Waals surface area contributed by atoms with Gasteiger partial charge in [0.15, 0.2) is 5.02 Å². The zero-order valence-corrected chi connectivity index (χ0v) is 18.5. The van der Waals surface area contributed by atoms with Crippen LogP contribution >= 0.6 is 11.6 Å². The van der Waals surface area contributed by atoms with Gasteiger partial charge in [-0.1, -0.05) is 17.7 Å². The number of ether oxygens (including phenoxy) is 1. The highest BCUT2D eigenvalue weighted by Crippen LogP contribution is 2.20. The van der Waals surface area contributed by atoms with Crippen LogP contribution in [-0.4, -0.2) is 33.2 Å². The van der Waals surface area contributed by atoms with Crippen molar-refractivity contribution in [2.75, 3.05) is 6.26 Å². The SMILES string of the molecule is CS(=O)(=O)n1c(=O)[nH]c2cc(Cn3cnc(OCc4ccc(F)cc4F)c(Cl)c3=O)ccc21. The Hall–Kier alpha value is -3.51. The monoisotopic (exact) mass is 496 g/mol. The average molecular weight is 497 g/mol. The molecule has 2 aromatic carbocycles. The minimum absolute atomic E-state index is 0.0143. The van der Waals surface area contributed by atoms with Crippen molar-refractivity contribution in [3.05, 3.63) is 91.3 Å². The van der Waals surface area contributed by atoms with Crippen LogP contribution in [0.4, 0.5) is 8.78 Å². The van der Waals surface area contributed by atoms with Crippen LogP contribution in [0.15, 0.2) is 52.3 Å². The molecule has 4 rings (SSSR count). The Kier molecular flexibility index (Phi) is 5.80. The van der Waals surface area contributed by atoms with E-state index in [-0.39, 0.29) is 40.7 Å². The van der Waals surface area contributed by atoms with E-state index in [1.165, 1.54) is 29.1 Å². The summed E-state index contributed by atoms with van der Waals surface area (Å²) in [6.45, 7) is -0.301. The van der Waals surface area contributed by atoms with Gasteiger partial charge in [-0.15, -0.1) is 0 Å². The minimum atomic E-state index is -3.80. The van der Waals surface area contributed by atoms with Crippen molar-refractivity contribution < 1.29 is 21.9 Å². The number of imidazole rings is 1. The van der Waals surface area contributed by atoms with E-state index in [0.29, 0.717) is 15.6 Å². The summed E-state index contributed by atoms with van der Waals surface area (Å²) >= 11 is 6.07. The summed E-state index contributed by atoms with van der Waals surface area (Å²) in [4.78, 5) is 31.0. The lowest BCUT2D eigenvalue weighted by Gasteiger charge is -2.11. The lowest BCUT2D eigenvalue weighted by Crippen LogP contribution is -2.23. The molecule has 2 heterocycles. The standard InChI is InChI=1S/C20H15ClF2N4O5S/c1-33(30,31)27-16-5-2-11(6-15(16)25-20(27)29)8-26-10-24-18(17(21)19(26)28)32-9-12-3-4-13(22)7-14(12)23/h2-7,10H,8-9H2,1H3,(H,25,29). The van der Waals surface area contributed by atoms with Gasteiger partial charge < -0.3 is 9.72 Å². The molecule has 0 saturated carbocycles. The smallest absolute Gasteiger partial charge is 0.340 e. The van der Waals surface area contributed by atoms with Crippen LogP contribution in [0.2, 0.25) is 5.02 Å². The van der Waals surface area contributed by atoms with Crippen LogP contribution < -0.4 is 16.0 Å². The second-order valence-corrected chi connectivity index (χ2v) is 9.34. The van der Waals surface area contributed by atoms with Gasteiger partial charge in [0, 0.05) is 11.6 Å². The fraction of sp³-hybridized carbons (Fsp3) is 0.150. The van der Waals surface area contributed by atoms with Crippen LogP contribution in [-0.2, 0) is 23.2 Å². The first-order valence-electron chi connectivity index (χ1n) is 9.30. The van der Waals surface area contributed by atoms with Crippen molar-refractivity contribution in [1.29, 1.82) is 0 Å². The van der Waals surface area contributed by atoms with Gasteiger partial charge in [0.25, 0.3) is 5.56 Å². The molecule has 172 valence electrons. The van der Waals surface area contributed by atoms with Gasteiger partial charge in [0.1, 0.15) is 24.6 Å². The van der Waals surface area contributed by atoms with Crippen LogP contribution in [0.25, 0.3) is 11.0 Å². The molecule has 0 aliphatic heterocycles. The summed E-state index contributed by atoms with van der Waals surface area (Å²) in [5.41, 5.74) is -0.370. The zero-order valence-electron chi connectivity index (χ0n) is 16.9. The molecule has 0 saturated heterocycles. The highest BCUT2D eigenvalue weighted by atomic mass is 35.5. The van der Waals surface area contributed by atoms with Crippen molar-refractivity contribution in [1.82, 2.24) is 18.5 Å². The lowest BCUT2D eigenvalue weighted by atomic mass is 10.2. The molecule has 9 nitrogen and oxygen atoms in total. The minimum Gasteiger partial charge on any atom is -0.471 e. The Morgan fingerprint density at radius 1 is 1.15 bits per heavy atom. The maximum absolute atomic E-state index is 13.7. The number of nitrogens with zero attached hydrogens (tertiary/aromatic N) is 3. The second-order valence-electron chi connectivity index (χ2n) is 7.13. The predicted octanol–water partition coefficient (Wildman–Crippen LogP) is 2.25. The first-order valence-corrected chi connectivity index (χ1v) is 11.5. The molecule has 2 aromatic heterocycles. The van der Waals surface area contributed by atoms with Crippen LogP contribution in [0.3, 0.4) is 0 Å². The number of hydrogen-bond acceptors (Lipinski definition) is 6. The third kappa shape index (κ3) is 4.52. The number of aromatic nitrogens is 4. The molecule has 0 aliphatic carbocycles. The zero-order chi connectivity index (χ0) is 23.9. The summed E-state index contributed by atoms with van der Waals surface area (Å²) in [7, 11) is -3.80. The highest BCUT2D eigenvalue weighted by Gasteiger charge is 2.16. The predicted molar refractivity (Wildman–Crippen MR) is 116 cm³/mol. The molecular formula is C20H15ClF2N4O5S. The summed E-state index contributed by atoms with van der Waals surface area (Å²) < 4.78 is 57.5. The van der Waals surface area contributed by atoms with Crippen molar-refractivity contribution in [3.8, 4) is 5.88 Å². The first-order chi connectivity index (χ1) is 15.5. The van der Waals surface area contributed by atoms with E-state index in [1.807, 2.05) is 0 Å². The van der Waals surface area contributed by atoms with Crippen molar-refractivity contribution >= 4 is 32.7 Å². The summed E-state index contributed by atoms with van der Waals surface area (Å²) in [5, 5.41) is -0.335. The third-order valence-electron chi connectivity index (χ3n) is 4.72. The number of H-pyrrole nitrogens is 1. The van der Waals surface area contributed by atoms with Gasteiger partial charge in [-0.05, 0) is 29.8 Å². The Bertz CT molecular complexity index is 1610. The number of halogens is 3. The molecule has 0 fully saturated rings. The Labute approximate surface area is 189 Å². The van der Waals surface area contributed by atoms with Gasteiger partial charge in [-0.25, -0.2) is 27.0 Å². The number of rotatable bonds is 6. The van der Waals surface area contributed by atoms with Crippen LogP contribution in [0.1, 0.15) is 11.1 Å². The van der Waals surface area contributed by atoms with Gasteiger partial charge in [0.2, 0.25) is 15.9 Å². The van der Waals surface area contributed by atoms with Gasteiger partial charge in [-0.2, -0.15) is 3.97 Å². The molecule has 0 aliphatic rings. The number of fused-ring (bicyclic) bond motifs is 1. The van der Waals surface area contributed by atoms with Gasteiger partial charge in [-0.3, -0.25) is 9.36 Å². The lowest BCUT2D eigenvalue weighted by molar-refractivity contribution is 0.286.